The lowest BCUT2D eigenvalue weighted by Gasteiger charge is -2.25. The Labute approximate surface area is 163 Å². The lowest BCUT2D eigenvalue weighted by atomic mass is 10.0. The average Bonchev–Trinajstić information content (AvgIpc) is 3.20. The number of amides is 2. The zero-order chi connectivity index (χ0) is 20.3. The first kappa shape index (κ1) is 20.0. The van der Waals surface area contributed by atoms with Crippen LogP contribution in [-0.2, 0) is 4.79 Å². The van der Waals surface area contributed by atoms with Crippen LogP contribution in [0.25, 0.3) is 11.1 Å². The monoisotopic (exact) mass is 386 g/mol. The van der Waals surface area contributed by atoms with Gasteiger partial charge in [-0.1, -0.05) is 36.4 Å². The number of hydrogen-bond donors (Lipinski definition) is 1. The third-order valence-corrected chi connectivity index (χ3v) is 5.39. The summed E-state index contributed by atoms with van der Waals surface area (Å²) in [7, 11) is 1.58. The fourth-order valence-electron chi connectivity index (χ4n) is 3.78. The zero-order valence-electron chi connectivity index (χ0n) is 16.0. The summed E-state index contributed by atoms with van der Waals surface area (Å²) < 4.78 is 29.3. The summed E-state index contributed by atoms with van der Waals surface area (Å²) in [5, 5.41) is 2.79. The van der Waals surface area contributed by atoms with Gasteiger partial charge in [-0.2, -0.15) is 0 Å². The second-order valence-electron chi connectivity index (χ2n) is 7.13. The highest BCUT2D eigenvalue weighted by atomic mass is 19.2. The number of halogens is 2. The highest BCUT2D eigenvalue weighted by Crippen LogP contribution is 2.31. The van der Waals surface area contributed by atoms with Crippen molar-refractivity contribution in [3.8, 4) is 11.1 Å². The lowest BCUT2D eigenvalue weighted by molar-refractivity contribution is -0.124. The molecule has 28 heavy (non-hydrogen) atoms. The lowest BCUT2D eigenvalue weighted by Crippen LogP contribution is -2.37. The molecule has 2 aromatic carbocycles. The van der Waals surface area contributed by atoms with E-state index < -0.39 is 17.5 Å². The highest BCUT2D eigenvalue weighted by Gasteiger charge is 2.34. The van der Waals surface area contributed by atoms with Crippen LogP contribution in [0.3, 0.4) is 0 Å². The summed E-state index contributed by atoms with van der Waals surface area (Å²) >= 11 is 0. The van der Waals surface area contributed by atoms with Gasteiger partial charge in [-0.3, -0.25) is 9.59 Å². The quantitative estimate of drug-likeness (QED) is 0.844. The normalized spacial score (nSPS) is 18.7. The molecule has 1 N–H and O–H groups in total. The minimum absolute atomic E-state index is 0.0183. The van der Waals surface area contributed by atoms with Crippen molar-refractivity contribution < 1.29 is 18.4 Å². The predicted octanol–water partition coefficient (Wildman–Crippen LogP) is 4.01. The van der Waals surface area contributed by atoms with E-state index in [0.29, 0.717) is 31.4 Å². The van der Waals surface area contributed by atoms with Crippen LogP contribution in [0.4, 0.5) is 8.78 Å². The standard InChI is InChI=1S/C22H24F2N2O2/c1-3-25-21(27)15-9-10-16(13-15)26(2)22(28)18-12-11-17(19(23)20(18)24)14-7-5-4-6-8-14/h4-8,11-12,15-16H,3,9-10,13H2,1-2H3,(H,25,27)/t15-,16+/m0/s1. The molecule has 0 bridgehead atoms. The molecule has 1 aliphatic carbocycles. The van der Waals surface area contributed by atoms with Gasteiger partial charge in [0.1, 0.15) is 0 Å². The van der Waals surface area contributed by atoms with E-state index in [4.69, 9.17) is 0 Å². The van der Waals surface area contributed by atoms with E-state index in [9.17, 15) is 18.4 Å². The molecule has 2 atom stereocenters. The first-order chi connectivity index (χ1) is 13.4. The molecule has 0 aromatic heterocycles. The molecule has 6 heteroatoms. The van der Waals surface area contributed by atoms with Gasteiger partial charge in [0.05, 0.1) is 5.56 Å². The Morgan fingerprint density at radius 3 is 2.46 bits per heavy atom. The molecule has 0 unspecified atom stereocenters. The van der Waals surface area contributed by atoms with Gasteiger partial charge in [0.2, 0.25) is 5.91 Å². The van der Waals surface area contributed by atoms with E-state index in [1.807, 2.05) is 6.92 Å². The molecule has 1 aliphatic rings. The van der Waals surface area contributed by atoms with Crippen molar-refractivity contribution in [1.82, 2.24) is 10.2 Å². The van der Waals surface area contributed by atoms with Crippen LogP contribution in [-0.4, -0.2) is 36.3 Å². The average molecular weight is 386 g/mol. The number of carbonyl (C=O) groups excluding carboxylic acids is 2. The molecular formula is C22H24F2N2O2. The van der Waals surface area contributed by atoms with Gasteiger partial charge in [0.25, 0.3) is 5.91 Å². The fourth-order valence-corrected chi connectivity index (χ4v) is 3.78. The number of hydrogen-bond acceptors (Lipinski definition) is 2. The van der Waals surface area contributed by atoms with Gasteiger partial charge in [-0.05, 0) is 37.8 Å². The van der Waals surface area contributed by atoms with Gasteiger partial charge in [0, 0.05) is 31.1 Å². The Morgan fingerprint density at radius 2 is 1.79 bits per heavy atom. The Kier molecular flexibility index (Phi) is 6.07. The van der Waals surface area contributed by atoms with Crippen molar-refractivity contribution in [1.29, 1.82) is 0 Å². The number of rotatable bonds is 5. The van der Waals surface area contributed by atoms with E-state index in [1.54, 1.807) is 37.4 Å². The molecule has 1 saturated carbocycles. The maximum Gasteiger partial charge on any atom is 0.256 e. The molecule has 0 aliphatic heterocycles. The van der Waals surface area contributed by atoms with E-state index >= 15 is 0 Å². The zero-order valence-corrected chi connectivity index (χ0v) is 16.0. The number of benzene rings is 2. The predicted molar refractivity (Wildman–Crippen MR) is 104 cm³/mol. The summed E-state index contributed by atoms with van der Waals surface area (Å²) in [6, 6.07) is 11.2. The summed E-state index contributed by atoms with van der Waals surface area (Å²) in [4.78, 5) is 26.2. The van der Waals surface area contributed by atoms with Crippen molar-refractivity contribution in [3.63, 3.8) is 0 Å². The SMILES string of the molecule is CCNC(=O)[C@H]1CC[C@@H](N(C)C(=O)c2ccc(-c3ccccc3)c(F)c2F)C1. The van der Waals surface area contributed by atoms with Crippen LogP contribution in [0.2, 0.25) is 0 Å². The van der Waals surface area contributed by atoms with Crippen LogP contribution < -0.4 is 5.32 Å². The Balaban J connectivity index is 1.77. The third-order valence-electron chi connectivity index (χ3n) is 5.39. The number of nitrogens with one attached hydrogen (secondary N) is 1. The molecule has 0 heterocycles. The van der Waals surface area contributed by atoms with Crippen LogP contribution in [0.15, 0.2) is 42.5 Å². The molecule has 148 valence electrons. The molecule has 0 spiro atoms. The van der Waals surface area contributed by atoms with Crippen LogP contribution in [0.1, 0.15) is 36.5 Å². The number of carbonyl (C=O) groups is 2. The van der Waals surface area contributed by atoms with Gasteiger partial charge in [0.15, 0.2) is 11.6 Å². The summed E-state index contributed by atoms with van der Waals surface area (Å²) in [6.07, 6.45) is 1.87. The van der Waals surface area contributed by atoms with Crippen molar-refractivity contribution in [2.75, 3.05) is 13.6 Å². The first-order valence-corrected chi connectivity index (χ1v) is 9.52. The molecule has 1 fully saturated rings. The van der Waals surface area contributed by atoms with Gasteiger partial charge in [-0.25, -0.2) is 8.78 Å². The van der Waals surface area contributed by atoms with Crippen LogP contribution in [0.5, 0.6) is 0 Å². The molecule has 2 amide bonds. The second-order valence-corrected chi connectivity index (χ2v) is 7.13. The maximum absolute atomic E-state index is 14.7. The van der Waals surface area contributed by atoms with Crippen molar-refractivity contribution >= 4 is 11.8 Å². The van der Waals surface area contributed by atoms with Crippen LogP contribution in [0, 0.1) is 17.6 Å². The Bertz CT molecular complexity index is 870. The summed E-state index contributed by atoms with van der Waals surface area (Å²) in [6.45, 7) is 2.42. The molecule has 4 nitrogen and oxygen atoms in total. The Hall–Kier alpha value is -2.76. The van der Waals surface area contributed by atoms with Crippen molar-refractivity contribution in [2.45, 2.75) is 32.2 Å². The van der Waals surface area contributed by atoms with Crippen LogP contribution >= 0.6 is 0 Å². The number of nitrogens with zero attached hydrogens (tertiary/aromatic N) is 1. The Morgan fingerprint density at radius 1 is 1.07 bits per heavy atom. The molecule has 0 radical (unpaired) electrons. The topological polar surface area (TPSA) is 49.4 Å². The fraction of sp³-hybridized carbons (Fsp3) is 0.364. The molecule has 2 aromatic rings. The van der Waals surface area contributed by atoms with E-state index in [-0.39, 0.29) is 29.0 Å². The molecular weight excluding hydrogens is 362 g/mol. The van der Waals surface area contributed by atoms with Crippen molar-refractivity contribution in [2.24, 2.45) is 5.92 Å². The maximum atomic E-state index is 14.7. The van der Waals surface area contributed by atoms with E-state index in [0.717, 1.165) is 0 Å². The smallest absolute Gasteiger partial charge is 0.256 e. The summed E-state index contributed by atoms with van der Waals surface area (Å²) in [5.41, 5.74) is 0.377. The first-order valence-electron chi connectivity index (χ1n) is 9.52. The van der Waals surface area contributed by atoms with Gasteiger partial charge < -0.3 is 10.2 Å². The molecule has 3 rings (SSSR count). The van der Waals surface area contributed by atoms with Crippen molar-refractivity contribution in [3.05, 3.63) is 59.7 Å². The van der Waals surface area contributed by atoms with Gasteiger partial charge >= 0.3 is 0 Å². The van der Waals surface area contributed by atoms with E-state index in [2.05, 4.69) is 5.32 Å². The highest BCUT2D eigenvalue weighted by molar-refractivity contribution is 5.95. The largest absolute Gasteiger partial charge is 0.356 e. The third kappa shape index (κ3) is 3.91. The van der Waals surface area contributed by atoms with E-state index in [1.165, 1.54) is 17.0 Å². The minimum atomic E-state index is -1.14. The van der Waals surface area contributed by atoms with Gasteiger partial charge in [-0.15, -0.1) is 0 Å². The minimum Gasteiger partial charge on any atom is -0.356 e. The second kappa shape index (κ2) is 8.50. The molecule has 0 saturated heterocycles. The summed E-state index contributed by atoms with van der Waals surface area (Å²) in [5.74, 6) is -2.91.